The summed E-state index contributed by atoms with van der Waals surface area (Å²) in [5.74, 6) is -0.381. The van der Waals surface area contributed by atoms with Crippen LogP contribution in [0.3, 0.4) is 0 Å². The SMILES string of the molecule is CC1=NN(c2ccc(S(N)(=O)=O)cc2)C(=O)/C1=C\c1cccn1-c1ccc(S(=O)(=O)Nc2nccs2)cc1. The molecule has 4 aromatic rings. The smallest absolute Gasteiger partial charge is 0.280 e. The first-order valence-corrected chi connectivity index (χ1v) is 14.9. The number of nitrogens with zero attached hydrogens (tertiary/aromatic N) is 4. The Morgan fingerprint density at radius 3 is 2.24 bits per heavy atom. The first-order valence-electron chi connectivity index (χ1n) is 11.0. The number of hydrogen-bond donors (Lipinski definition) is 2. The van der Waals surface area contributed by atoms with Gasteiger partial charge in [0, 0.05) is 29.2 Å². The standard InChI is InChI=1S/C24H20N6O5S3/c1-16-22(23(31)30(27-16)18-6-8-20(9-7-18)37(25,32)33)15-19-3-2-13-29(19)17-4-10-21(11-5-17)38(34,35)28-24-26-12-14-36-24/h2-15H,1H3,(H,26,28)(H2,25,32,33)/b22-15-. The van der Waals surface area contributed by atoms with Crippen molar-refractivity contribution >= 4 is 59.9 Å². The lowest BCUT2D eigenvalue weighted by atomic mass is 10.1. The second-order valence-corrected chi connectivity index (χ2v) is 12.3. The second-order valence-electron chi connectivity index (χ2n) is 8.14. The number of thiazole rings is 1. The molecule has 3 N–H and O–H groups in total. The van der Waals surface area contributed by atoms with E-state index in [4.69, 9.17) is 5.14 Å². The molecule has 0 unspecified atom stereocenters. The molecule has 0 fully saturated rings. The molecule has 0 aliphatic carbocycles. The molecule has 0 atom stereocenters. The van der Waals surface area contributed by atoms with Crippen molar-refractivity contribution in [3.63, 3.8) is 0 Å². The molecule has 38 heavy (non-hydrogen) atoms. The average Bonchev–Trinajstić information content (AvgIpc) is 3.62. The molecule has 5 rings (SSSR count). The Morgan fingerprint density at radius 2 is 1.61 bits per heavy atom. The van der Waals surface area contributed by atoms with E-state index in [1.54, 1.807) is 42.8 Å². The predicted molar refractivity (Wildman–Crippen MR) is 145 cm³/mol. The maximum absolute atomic E-state index is 13.2. The molecule has 0 saturated carbocycles. The lowest BCUT2D eigenvalue weighted by molar-refractivity contribution is -0.114. The monoisotopic (exact) mass is 568 g/mol. The number of primary sulfonamides is 1. The minimum Gasteiger partial charge on any atom is -0.317 e. The number of hydrazone groups is 1. The van der Waals surface area contributed by atoms with Crippen molar-refractivity contribution in [2.24, 2.45) is 10.2 Å². The van der Waals surface area contributed by atoms with Crippen LogP contribution in [0.15, 0.2) is 98.9 Å². The summed E-state index contributed by atoms with van der Waals surface area (Å²) in [4.78, 5) is 17.1. The summed E-state index contributed by atoms with van der Waals surface area (Å²) in [6.45, 7) is 1.70. The number of amides is 1. The molecular weight excluding hydrogens is 549 g/mol. The molecule has 11 nitrogen and oxygen atoms in total. The van der Waals surface area contributed by atoms with Gasteiger partial charge in [-0.3, -0.25) is 9.52 Å². The van der Waals surface area contributed by atoms with Gasteiger partial charge in [0.15, 0.2) is 5.13 Å². The maximum atomic E-state index is 13.2. The number of aromatic nitrogens is 2. The fourth-order valence-electron chi connectivity index (χ4n) is 3.76. The van der Waals surface area contributed by atoms with Crippen molar-refractivity contribution in [3.05, 3.63) is 89.7 Å². The Balaban J connectivity index is 1.39. The summed E-state index contributed by atoms with van der Waals surface area (Å²) < 4.78 is 52.5. The number of hydrogen-bond acceptors (Lipinski definition) is 8. The molecule has 0 saturated heterocycles. The highest BCUT2D eigenvalue weighted by Crippen LogP contribution is 2.27. The molecule has 2 aromatic carbocycles. The topological polar surface area (TPSA) is 157 Å². The van der Waals surface area contributed by atoms with Gasteiger partial charge in [-0.2, -0.15) is 10.1 Å². The van der Waals surface area contributed by atoms with Crippen molar-refractivity contribution in [1.29, 1.82) is 0 Å². The van der Waals surface area contributed by atoms with Gasteiger partial charge in [0.05, 0.1) is 26.8 Å². The van der Waals surface area contributed by atoms with Gasteiger partial charge in [-0.25, -0.2) is 27.0 Å². The highest BCUT2D eigenvalue weighted by atomic mass is 32.2. The van der Waals surface area contributed by atoms with Crippen LogP contribution in [0.2, 0.25) is 0 Å². The number of carbonyl (C=O) groups is 1. The minimum absolute atomic E-state index is 0.0695. The average molecular weight is 569 g/mol. The Kier molecular flexibility index (Phi) is 6.48. The van der Waals surface area contributed by atoms with Crippen LogP contribution in [0.25, 0.3) is 11.8 Å². The maximum Gasteiger partial charge on any atom is 0.280 e. The Morgan fingerprint density at radius 1 is 0.947 bits per heavy atom. The van der Waals surface area contributed by atoms with Gasteiger partial charge in [0.25, 0.3) is 15.9 Å². The zero-order valence-electron chi connectivity index (χ0n) is 19.7. The predicted octanol–water partition coefficient (Wildman–Crippen LogP) is 3.19. The molecular formula is C24H20N6O5S3. The molecule has 0 radical (unpaired) electrons. The number of anilines is 2. The zero-order chi connectivity index (χ0) is 27.1. The number of benzene rings is 2. The van der Waals surface area contributed by atoms with Crippen LogP contribution in [-0.2, 0) is 24.8 Å². The number of rotatable bonds is 7. The first-order chi connectivity index (χ1) is 18.0. The first kappa shape index (κ1) is 25.5. The quantitative estimate of drug-likeness (QED) is 0.326. The van der Waals surface area contributed by atoms with Crippen molar-refractivity contribution in [1.82, 2.24) is 9.55 Å². The van der Waals surface area contributed by atoms with Crippen LogP contribution in [0.5, 0.6) is 0 Å². The Hall–Kier alpha value is -4.11. The molecule has 0 bridgehead atoms. The van der Waals surface area contributed by atoms with Crippen LogP contribution >= 0.6 is 11.3 Å². The van der Waals surface area contributed by atoms with Crippen LogP contribution in [0, 0.1) is 0 Å². The number of nitrogens with two attached hydrogens (primary N) is 1. The minimum atomic E-state index is -3.86. The zero-order valence-corrected chi connectivity index (χ0v) is 22.2. The largest absolute Gasteiger partial charge is 0.317 e. The van der Waals surface area contributed by atoms with E-state index in [0.29, 0.717) is 28.4 Å². The molecule has 0 spiro atoms. The number of sulfonamides is 2. The van der Waals surface area contributed by atoms with E-state index < -0.39 is 20.0 Å². The third-order valence-corrected chi connectivity index (χ3v) is 8.73. The highest BCUT2D eigenvalue weighted by molar-refractivity contribution is 7.93. The molecule has 14 heteroatoms. The van der Waals surface area contributed by atoms with E-state index in [1.807, 2.05) is 10.6 Å². The van der Waals surface area contributed by atoms with Crippen LogP contribution in [-0.4, -0.2) is 38.0 Å². The van der Waals surface area contributed by atoms with E-state index >= 15 is 0 Å². The summed E-state index contributed by atoms with van der Waals surface area (Å²) >= 11 is 1.18. The van der Waals surface area contributed by atoms with Crippen LogP contribution in [0.1, 0.15) is 12.6 Å². The van der Waals surface area contributed by atoms with Gasteiger partial charge in [-0.05, 0) is 73.7 Å². The molecule has 1 aliphatic heterocycles. The fraction of sp³-hybridized carbons (Fsp3) is 0.0417. The lowest BCUT2D eigenvalue weighted by Gasteiger charge is -2.12. The van der Waals surface area contributed by atoms with Crippen molar-refractivity contribution in [2.75, 3.05) is 9.73 Å². The summed E-state index contributed by atoms with van der Waals surface area (Å²) in [5.41, 5.74) is 2.58. The van der Waals surface area contributed by atoms with Crippen molar-refractivity contribution < 1.29 is 21.6 Å². The van der Waals surface area contributed by atoms with E-state index in [2.05, 4.69) is 14.8 Å². The van der Waals surface area contributed by atoms with Crippen molar-refractivity contribution in [3.8, 4) is 5.69 Å². The fourth-order valence-corrected chi connectivity index (χ4v) is 6.07. The Bertz CT molecular complexity index is 1790. The summed E-state index contributed by atoms with van der Waals surface area (Å²) in [7, 11) is -7.64. The molecule has 194 valence electrons. The van der Waals surface area contributed by atoms with Gasteiger partial charge >= 0.3 is 0 Å². The van der Waals surface area contributed by atoms with Crippen LogP contribution in [0.4, 0.5) is 10.8 Å². The van der Waals surface area contributed by atoms with E-state index in [-0.39, 0.29) is 20.8 Å². The highest BCUT2D eigenvalue weighted by Gasteiger charge is 2.29. The van der Waals surface area contributed by atoms with Gasteiger partial charge < -0.3 is 4.57 Å². The molecule has 3 heterocycles. The second kappa shape index (κ2) is 9.64. The van der Waals surface area contributed by atoms with Crippen LogP contribution < -0.4 is 14.9 Å². The van der Waals surface area contributed by atoms with E-state index in [1.165, 1.54) is 58.9 Å². The summed E-state index contributed by atoms with van der Waals surface area (Å²) in [6.07, 6.45) is 4.99. The van der Waals surface area contributed by atoms with E-state index in [9.17, 15) is 21.6 Å². The van der Waals surface area contributed by atoms with Gasteiger partial charge in [-0.1, -0.05) is 0 Å². The lowest BCUT2D eigenvalue weighted by Crippen LogP contribution is -2.21. The van der Waals surface area contributed by atoms with Gasteiger partial charge in [0.2, 0.25) is 10.0 Å². The summed E-state index contributed by atoms with van der Waals surface area (Å²) in [6, 6.07) is 15.5. The molecule has 2 aromatic heterocycles. The Labute approximate surface area is 222 Å². The molecule has 1 aliphatic rings. The normalized spacial score (nSPS) is 15.2. The van der Waals surface area contributed by atoms with Gasteiger partial charge in [0.1, 0.15) is 0 Å². The number of nitrogens with one attached hydrogen (secondary N) is 1. The van der Waals surface area contributed by atoms with E-state index in [0.717, 1.165) is 0 Å². The summed E-state index contributed by atoms with van der Waals surface area (Å²) in [5, 5.41) is 12.6. The third kappa shape index (κ3) is 5.02. The van der Waals surface area contributed by atoms with Crippen molar-refractivity contribution in [2.45, 2.75) is 16.7 Å². The van der Waals surface area contributed by atoms with Gasteiger partial charge in [-0.15, -0.1) is 11.3 Å². The molecule has 1 amide bonds. The third-order valence-electron chi connectivity index (χ3n) is 5.62. The number of carbonyl (C=O) groups excluding carboxylic acids is 1.